The Labute approximate surface area is 130 Å². The van der Waals surface area contributed by atoms with Gasteiger partial charge in [0.05, 0.1) is 13.2 Å². The third-order valence-corrected chi connectivity index (χ3v) is 3.62. The Kier molecular flexibility index (Phi) is 4.28. The van der Waals surface area contributed by atoms with Gasteiger partial charge in [-0.15, -0.1) is 0 Å². The lowest BCUT2D eigenvalue weighted by molar-refractivity contribution is 0.0988. The molecule has 22 heavy (non-hydrogen) atoms. The van der Waals surface area contributed by atoms with Crippen molar-refractivity contribution in [3.63, 3.8) is 0 Å². The Bertz CT molecular complexity index is 655. The minimum absolute atomic E-state index is 0.0376. The second-order valence-corrected chi connectivity index (χ2v) is 5.10. The molecule has 2 aromatic rings. The van der Waals surface area contributed by atoms with Crippen molar-refractivity contribution < 1.29 is 14.3 Å². The monoisotopic (exact) mass is 297 g/mol. The summed E-state index contributed by atoms with van der Waals surface area (Å²) >= 11 is 0. The van der Waals surface area contributed by atoms with Gasteiger partial charge in [0, 0.05) is 24.2 Å². The number of amides is 1. The zero-order valence-corrected chi connectivity index (χ0v) is 12.6. The molecule has 1 heterocycles. The summed E-state index contributed by atoms with van der Waals surface area (Å²) in [5.74, 6) is 1.31. The molecule has 4 nitrogen and oxygen atoms in total. The molecule has 0 unspecified atom stereocenters. The third kappa shape index (κ3) is 2.91. The molecular formula is C18H19NO3. The predicted molar refractivity (Wildman–Crippen MR) is 85.8 cm³/mol. The fraction of sp³-hybridized carbons (Fsp3) is 0.278. The molecule has 114 valence electrons. The summed E-state index contributed by atoms with van der Waals surface area (Å²) in [4.78, 5) is 14.5. The van der Waals surface area contributed by atoms with Gasteiger partial charge in [-0.3, -0.25) is 4.79 Å². The largest absolute Gasteiger partial charge is 0.490 e. The second kappa shape index (κ2) is 6.52. The molecule has 0 fully saturated rings. The standard InChI is InChI=1S/C18H19NO3/c1-2-19(15-7-4-3-5-8-15)18(20)14-9-10-16-17(13-14)22-12-6-11-21-16/h3-5,7-10,13H,2,6,11-12H2,1H3. The molecule has 2 aromatic carbocycles. The molecule has 0 bridgehead atoms. The summed E-state index contributed by atoms with van der Waals surface area (Å²) in [5, 5.41) is 0. The number of rotatable bonds is 3. The number of para-hydroxylation sites is 1. The lowest BCUT2D eigenvalue weighted by Gasteiger charge is -2.21. The van der Waals surface area contributed by atoms with E-state index in [4.69, 9.17) is 9.47 Å². The average Bonchev–Trinajstić information content (AvgIpc) is 2.81. The van der Waals surface area contributed by atoms with Crippen molar-refractivity contribution in [3.05, 3.63) is 54.1 Å². The van der Waals surface area contributed by atoms with E-state index in [1.54, 1.807) is 17.0 Å². The van der Waals surface area contributed by atoms with Crippen LogP contribution < -0.4 is 14.4 Å². The average molecular weight is 297 g/mol. The summed E-state index contributed by atoms with van der Waals surface area (Å²) in [6.45, 7) is 3.83. The maximum absolute atomic E-state index is 12.8. The Hall–Kier alpha value is -2.49. The van der Waals surface area contributed by atoms with Crippen molar-refractivity contribution in [2.75, 3.05) is 24.7 Å². The molecule has 0 atom stereocenters. The van der Waals surface area contributed by atoms with Crippen LogP contribution in [-0.4, -0.2) is 25.7 Å². The SMILES string of the molecule is CCN(C(=O)c1ccc2c(c1)OCCCO2)c1ccccc1. The fourth-order valence-electron chi connectivity index (χ4n) is 2.50. The number of hydrogen-bond donors (Lipinski definition) is 0. The Morgan fingerprint density at radius 1 is 1.05 bits per heavy atom. The van der Waals surface area contributed by atoms with E-state index in [-0.39, 0.29) is 5.91 Å². The summed E-state index contributed by atoms with van der Waals surface area (Å²) in [5.41, 5.74) is 1.50. The van der Waals surface area contributed by atoms with Crippen molar-refractivity contribution in [1.82, 2.24) is 0 Å². The Morgan fingerprint density at radius 2 is 1.77 bits per heavy atom. The molecule has 1 aliphatic rings. The van der Waals surface area contributed by atoms with E-state index in [1.807, 2.05) is 43.3 Å². The van der Waals surface area contributed by atoms with Crippen molar-refractivity contribution in [2.45, 2.75) is 13.3 Å². The van der Waals surface area contributed by atoms with Crippen molar-refractivity contribution in [2.24, 2.45) is 0 Å². The quantitative estimate of drug-likeness (QED) is 0.870. The number of nitrogens with zero attached hydrogens (tertiary/aromatic N) is 1. The number of carbonyl (C=O) groups is 1. The van der Waals surface area contributed by atoms with Crippen LogP contribution in [0, 0.1) is 0 Å². The molecule has 0 aliphatic carbocycles. The number of benzene rings is 2. The van der Waals surface area contributed by atoms with Crippen LogP contribution in [0.1, 0.15) is 23.7 Å². The van der Waals surface area contributed by atoms with Gasteiger partial charge in [0.15, 0.2) is 11.5 Å². The zero-order chi connectivity index (χ0) is 15.4. The van der Waals surface area contributed by atoms with Crippen LogP contribution in [0.25, 0.3) is 0 Å². The van der Waals surface area contributed by atoms with E-state index in [2.05, 4.69) is 0 Å². The van der Waals surface area contributed by atoms with E-state index < -0.39 is 0 Å². The van der Waals surface area contributed by atoms with Gasteiger partial charge >= 0.3 is 0 Å². The van der Waals surface area contributed by atoms with Crippen LogP contribution in [0.2, 0.25) is 0 Å². The molecule has 0 N–H and O–H groups in total. The van der Waals surface area contributed by atoms with Gasteiger partial charge in [-0.25, -0.2) is 0 Å². The fourth-order valence-corrected chi connectivity index (χ4v) is 2.50. The van der Waals surface area contributed by atoms with E-state index in [9.17, 15) is 4.79 Å². The Balaban J connectivity index is 1.89. The van der Waals surface area contributed by atoms with Gasteiger partial charge in [0.2, 0.25) is 0 Å². The highest BCUT2D eigenvalue weighted by molar-refractivity contribution is 6.06. The normalized spacial score (nSPS) is 13.3. The first-order chi connectivity index (χ1) is 10.8. The molecule has 4 heteroatoms. The lowest BCUT2D eigenvalue weighted by Crippen LogP contribution is -2.30. The maximum atomic E-state index is 12.8. The Morgan fingerprint density at radius 3 is 2.50 bits per heavy atom. The van der Waals surface area contributed by atoms with Crippen LogP contribution in [-0.2, 0) is 0 Å². The van der Waals surface area contributed by atoms with E-state index in [0.29, 0.717) is 36.8 Å². The van der Waals surface area contributed by atoms with E-state index >= 15 is 0 Å². The molecule has 3 rings (SSSR count). The first-order valence-corrected chi connectivity index (χ1v) is 7.56. The smallest absolute Gasteiger partial charge is 0.258 e. The van der Waals surface area contributed by atoms with Crippen LogP contribution >= 0.6 is 0 Å². The number of fused-ring (bicyclic) bond motifs is 1. The van der Waals surface area contributed by atoms with Gasteiger partial charge in [0.25, 0.3) is 5.91 Å². The second-order valence-electron chi connectivity index (χ2n) is 5.10. The first kappa shape index (κ1) is 14.4. The molecule has 0 aromatic heterocycles. The minimum atomic E-state index is -0.0376. The van der Waals surface area contributed by atoms with Crippen molar-refractivity contribution in [3.8, 4) is 11.5 Å². The molecule has 0 spiro atoms. The van der Waals surface area contributed by atoms with Crippen molar-refractivity contribution >= 4 is 11.6 Å². The predicted octanol–water partition coefficient (Wildman–Crippen LogP) is 3.51. The molecule has 1 amide bonds. The molecule has 0 saturated heterocycles. The highest BCUT2D eigenvalue weighted by Gasteiger charge is 2.19. The molecular weight excluding hydrogens is 278 g/mol. The highest BCUT2D eigenvalue weighted by Crippen LogP contribution is 2.31. The van der Waals surface area contributed by atoms with Crippen LogP contribution in [0.5, 0.6) is 11.5 Å². The number of carbonyl (C=O) groups excluding carboxylic acids is 1. The van der Waals surface area contributed by atoms with Gasteiger partial charge < -0.3 is 14.4 Å². The molecule has 1 aliphatic heterocycles. The molecule has 0 saturated carbocycles. The summed E-state index contributed by atoms with van der Waals surface area (Å²) in [6, 6.07) is 15.0. The number of ether oxygens (including phenoxy) is 2. The van der Waals surface area contributed by atoms with Gasteiger partial charge in [-0.2, -0.15) is 0 Å². The number of anilines is 1. The topological polar surface area (TPSA) is 38.8 Å². The minimum Gasteiger partial charge on any atom is -0.490 e. The molecule has 0 radical (unpaired) electrons. The first-order valence-electron chi connectivity index (χ1n) is 7.56. The van der Waals surface area contributed by atoms with E-state index in [1.165, 1.54) is 0 Å². The van der Waals surface area contributed by atoms with E-state index in [0.717, 1.165) is 12.1 Å². The summed E-state index contributed by atoms with van der Waals surface area (Å²) in [7, 11) is 0. The lowest BCUT2D eigenvalue weighted by atomic mass is 10.1. The zero-order valence-electron chi connectivity index (χ0n) is 12.6. The maximum Gasteiger partial charge on any atom is 0.258 e. The third-order valence-electron chi connectivity index (χ3n) is 3.62. The number of hydrogen-bond acceptors (Lipinski definition) is 3. The van der Waals surface area contributed by atoms with Crippen LogP contribution in [0.15, 0.2) is 48.5 Å². The van der Waals surface area contributed by atoms with Crippen LogP contribution in [0.4, 0.5) is 5.69 Å². The van der Waals surface area contributed by atoms with Gasteiger partial charge in [-0.1, -0.05) is 18.2 Å². The van der Waals surface area contributed by atoms with Crippen molar-refractivity contribution in [1.29, 1.82) is 0 Å². The highest BCUT2D eigenvalue weighted by atomic mass is 16.5. The summed E-state index contributed by atoms with van der Waals surface area (Å²) in [6.07, 6.45) is 0.850. The van der Waals surface area contributed by atoms with Gasteiger partial charge in [-0.05, 0) is 37.3 Å². The van der Waals surface area contributed by atoms with Crippen LogP contribution in [0.3, 0.4) is 0 Å². The van der Waals surface area contributed by atoms with Gasteiger partial charge in [0.1, 0.15) is 0 Å². The summed E-state index contributed by atoms with van der Waals surface area (Å²) < 4.78 is 11.3.